The van der Waals surface area contributed by atoms with Crippen molar-refractivity contribution in [3.05, 3.63) is 28.2 Å². The molecule has 18 heavy (non-hydrogen) atoms. The summed E-state index contributed by atoms with van der Waals surface area (Å²) in [5, 5.41) is 0. The van der Waals surface area contributed by atoms with E-state index in [0.29, 0.717) is 13.1 Å². The summed E-state index contributed by atoms with van der Waals surface area (Å²) in [5.41, 5.74) is 0. The lowest BCUT2D eigenvalue weighted by molar-refractivity contribution is 0.344. The van der Waals surface area contributed by atoms with E-state index in [1.807, 2.05) is 0 Å². The van der Waals surface area contributed by atoms with E-state index in [0.717, 1.165) is 31.4 Å². The third kappa shape index (κ3) is 2.57. The summed E-state index contributed by atoms with van der Waals surface area (Å²) in [5.74, 6) is -1.72. The van der Waals surface area contributed by atoms with E-state index in [-0.39, 0.29) is 4.47 Å². The van der Waals surface area contributed by atoms with E-state index in [1.165, 1.54) is 4.31 Å². The molecule has 0 saturated carbocycles. The normalized spacial score (nSPS) is 17.9. The number of rotatable bonds is 2. The highest BCUT2D eigenvalue weighted by molar-refractivity contribution is 9.10. The second kappa shape index (κ2) is 5.22. The second-order valence-corrected chi connectivity index (χ2v) is 6.92. The van der Waals surface area contributed by atoms with E-state index < -0.39 is 26.6 Å². The molecular formula is C11H12BrF2NO2S. The molecule has 1 aliphatic heterocycles. The molecule has 7 heteroatoms. The fourth-order valence-electron chi connectivity index (χ4n) is 1.95. The Balaban J connectivity index is 2.43. The van der Waals surface area contributed by atoms with Gasteiger partial charge in [0.1, 0.15) is 16.5 Å². The first kappa shape index (κ1) is 13.9. The van der Waals surface area contributed by atoms with Crippen molar-refractivity contribution in [3.8, 4) is 0 Å². The number of piperidine rings is 1. The van der Waals surface area contributed by atoms with Crippen LogP contribution in [0.25, 0.3) is 0 Å². The highest BCUT2D eigenvalue weighted by Gasteiger charge is 2.29. The van der Waals surface area contributed by atoms with Gasteiger partial charge in [-0.1, -0.05) is 6.42 Å². The van der Waals surface area contributed by atoms with Gasteiger partial charge in [0.25, 0.3) is 0 Å². The van der Waals surface area contributed by atoms with Crippen LogP contribution in [0.3, 0.4) is 0 Å². The van der Waals surface area contributed by atoms with Crippen LogP contribution in [-0.4, -0.2) is 25.8 Å². The van der Waals surface area contributed by atoms with E-state index in [9.17, 15) is 17.2 Å². The zero-order valence-electron chi connectivity index (χ0n) is 9.50. The average Bonchev–Trinajstić information content (AvgIpc) is 2.34. The van der Waals surface area contributed by atoms with Crippen LogP contribution in [0.4, 0.5) is 8.78 Å². The first-order chi connectivity index (χ1) is 8.43. The van der Waals surface area contributed by atoms with Gasteiger partial charge in [-0.05, 0) is 40.9 Å². The zero-order chi connectivity index (χ0) is 13.3. The summed E-state index contributed by atoms with van der Waals surface area (Å²) in [6, 6.07) is 1.56. The highest BCUT2D eigenvalue weighted by Crippen LogP contribution is 2.27. The molecule has 100 valence electrons. The van der Waals surface area contributed by atoms with Crippen molar-refractivity contribution in [2.75, 3.05) is 13.1 Å². The minimum absolute atomic E-state index is 0.0856. The third-order valence-electron chi connectivity index (χ3n) is 2.91. The Morgan fingerprint density at radius 3 is 2.28 bits per heavy atom. The van der Waals surface area contributed by atoms with Gasteiger partial charge in [0.2, 0.25) is 10.0 Å². The maximum absolute atomic E-state index is 13.7. The van der Waals surface area contributed by atoms with Gasteiger partial charge in [-0.15, -0.1) is 0 Å². The van der Waals surface area contributed by atoms with Crippen molar-refractivity contribution >= 4 is 26.0 Å². The molecule has 0 bridgehead atoms. The predicted molar refractivity (Wildman–Crippen MR) is 66.7 cm³/mol. The van der Waals surface area contributed by atoms with Crippen molar-refractivity contribution in [1.29, 1.82) is 0 Å². The van der Waals surface area contributed by atoms with Crippen LogP contribution < -0.4 is 0 Å². The van der Waals surface area contributed by atoms with Crippen molar-refractivity contribution < 1.29 is 17.2 Å². The molecule has 0 aliphatic carbocycles. The minimum atomic E-state index is -3.93. The lowest BCUT2D eigenvalue weighted by Crippen LogP contribution is -2.36. The van der Waals surface area contributed by atoms with Gasteiger partial charge in [0.15, 0.2) is 0 Å². The van der Waals surface area contributed by atoms with Crippen LogP contribution in [0, 0.1) is 11.6 Å². The predicted octanol–water partition coefficient (Wildman–Crippen LogP) is 2.90. The Kier molecular flexibility index (Phi) is 4.03. The minimum Gasteiger partial charge on any atom is -0.207 e. The van der Waals surface area contributed by atoms with Crippen LogP contribution >= 0.6 is 15.9 Å². The van der Waals surface area contributed by atoms with E-state index >= 15 is 0 Å². The summed E-state index contributed by atoms with van der Waals surface area (Å²) in [4.78, 5) is -0.592. The molecular weight excluding hydrogens is 328 g/mol. The lowest BCUT2D eigenvalue weighted by Gasteiger charge is -2.26. The van der Waals surface area contributed by atoms with Crippen molar-refractivity contribution in [2.45, 2.75) is 24.2 Å². The number of nitrogens with zero attached hydrogens (tertiary/aromatic N) is 1. The molecule has 0 amide bonds. The fraction of sp³-hybridized carbons (Fsp3) is 0.455. The standard InChI is InChI=1S/C11H12BrF2NO2S/c12-8-6-10(14)11(7-9(8)13)18(16,17)15-4-2-1-3-5-15/h6-7H,1-5H2. The van der Waals surface area contributed by atoms with Crippen molar-refractivity contribution in [1.82, 2.24) is 4.31 Å². The Morgan fingerprint density at radius 1 is 1.06 bits per heavy atom. The maximum Gasteiger partial charge on any atom is 0.246 e. The fourth-order valence-corrected chi connectivity index (χ4v) is 3.84. The molecule has 1 heterocycles. The van der Waals surface area contributed by atoms with Crippen molar-refractivity contribution in [3.63, 3.8) is 0 Å². The van der Waals surface area contributed by atoms with Gasteiger partial charge >= 0.3 is 0 Å². The quantitative estimate of drug-likeness (QED) is 0.777. The molecule has 0 unspecified atom stereocenters. The monoisotopic (exact) mass is 339 g/mol. The summed E-state index contributed by atoms with van der Waals surface area (Å²) >= 11 is 2.82. The molecule has 0 atom stereocenters. The molecule has 0 N–H and O–H groups in total. The van der Waals surface area contributed by atoms with Crippen molar-refractivity contribution in [2.24, 2.45) is 0 Å². The number of hydrogen-bond acceptors (Lipinski definition) is 2. The van der Waals surface area contributed by atoms with Gasteiger partial charge < -0.3 is 0 Å². The third-order valence-corrected chi connectivity index (χ3v) is 5.43. The Bertz CT molecular complexity index is 556. The highest BCUT2D eigenvalue weighted by atomic mass is 79.9. The topological polar surface area (TPSA) is 37.4 Å². The number of halogens is 3. The first-order valence-electron chi connectivity index (χ1n) is 5.57. The smallest absolute Gasteiger partial charge is 0.207 e. The summed E-state index contributed by atoms with van der Waals surface area (Å²) in [7, 11) is -3.93. The molecule has 1 saturated heterocycles. The van der Waals surface area contributed by atoms with E-state index in [1.54, 1.807) is 0 Å². The van der Waals surface area contributed by atoms with E-state index in [4.69, 9.17) is 0 Å². The molecule has 0 aromatic heterocycles. The first-order valence-corrected chi connectivity index (χ1v) is 7.81. The van der Waals surface area contributed by atoms with Gasteiger partial charge in [0.05, 0.1) is 4.47 Å². The number of sulfonamides is 1. The molecule has 1 fully saturated rings. The molecule has 3 nitrogen and oxygen atoms in total. The average molecular weight is 340 g/mol. The SMILES string of the molecule is O=S(=O)(c1cc(F)c(Br)cc1F)N1CCCCC1. The molecule has 2 rings (SSSR count). The van der Waals surface area contributed by atoms with Gasteiger partial charge in [-0.25, -0.2) is 17.2 Å². The Labute approximate surface area is 113 Å². The van der Waals surface area contributed by atoms with Gasteiger partial charge in [-0.2, -0.15) is 4.31 Å². The van der Waals surface area contributed by atoms with Crippen LogP contribution in [-0.2, 0) is 10.0 Å². The molecule has 1 aromatic rings. The number of benzene rings is 1. The Hall–Kier alpha value is -0.530. The van der Waals surface area contributed by atoms with Crippen LogP contribution in [0.5, 0.6) is 0 Å². The largest absolute Gasteiger partial charge is 0.246 e. The maximum atomic E-state index is 13.7. The zero-order valence-corrected chi connectivity index (χ0v) is 11.9. The molecule has 1 aliphatic rings. The Morgan fingerprint density at radius 2 is 1.67 bits per heavy atom. The van der Waals surface area contributed by atoms with Gasteiger partial charge in [-0.3, -0.25) is 0 Å². The lowest BCUT2D eigenvalue weighted by atomic mass is 10.2. The summed E-state index contributed by atoms with van der Waals surface area (Å²) < 4.78 is 52.5. The van der Waals surface area contributed by atoms with Crippen LogP contribution in [0.15, 0.2) is 21.5 Å². The summed E-state index contributed by atoms with van der Waals surface area (Å²) in [6.07, 6.45) is 2.46. The molecule has 0 radical (unpaired) electrons. The molecule has 0 spiro atoms. The van der Waals surface area contributed by atoms with E-state index in [2.05, 4.69) is 15.9 Å². The van der Waals surface area contributed by atoms with Crippen LogP contribution in [0.2, 0.25) is 0 Å². The molecule has 1 aromatic carbocycles. The van der Waals surface area contributed by atoms with Gasteiger partial charge in [0, 0.05) is 13.1 Å². The second-order valence-electron chi connectivity index (χ2n) is 4.16. The number of hydrogen-bond donors (Lipinski definition) is 0. The summed E-state index contributed by atoms with van der Waals surface area (Å²) in [6.45, 7) is 0.721. The van der Waals surface area contributed by atoms with Crippen LogP contribution in [0.1, 0.15) is 19.3 Å².